The summed E-state index contributed by atoms with van der Waals surface area (Å²) in [5.74, 6) is -0.691. The molecule has 0 saturated carbocycles. The van der Waals surface area contributed by atoms with E-state index in [0.29, 0.717) is 38.9 Å². The maximum atomic E-state index is 13.1. The minimum Gasteiger partial charge on any atom is -0.467 e. The lowest BCUT2D eigenvalue weighted by atomic mass is 9.90. The van der Waals surface area contributed by atoms with Crippen LogP contribution in [0, 0.1) is 5.92 Å². The summed E-state index contributed by atoms with van der Waals surface area (Å²) in [5, 5.41) is 0. The second-order valence-electron chi connectivity index (χ2n) is 6.78. The largest absolute Gasteiger partial charge is 0.467 e. The smallest absolute Gasteiger partial charge is 0.328 e. The van der Waals surface area contributed by atoms with Gasteiger partial charge in [0.25, 0.3) is 0 Å². The van der Waals surface area contributed by atoms with Crippen molar-refractivity contribution in [3.05, 3.63) is 48.0 Å². The van der Waals surface area contributed by atoms with Crippen LogP contribution in [0.25, 0.3) is 0 Å². The summed E-state index contributed by atoms with van der Waals surface area (Å²) in [4.78, 5) is 40.5. The van der Waals surface area contributed by atoms with Crippen molar-refractivity contribution >= 4 is 17.8 Å². The molecule has 0 aliphatic carbocycles. The van der Waals surface area contributed by atoms with E-state index in [0.717, 1.165) is 11.1 Å². The number of nitrogens with zero attached hydrogens (tertiary/aromatic N) is 2. The zero-order chi connectivity index (χ0) is 18.7. The number of carbonyl (C=O) groups is 3. The Bertz CT molecular complexity index is 722. The number of carbonyl (C=O) groups excluding carboxylic acids is 3. The first-order chi connectivity index (χ1) is 12.5. The van der Waals surface area contributed by atoms with Crippen LogP contribution in [0.3, 0.4) is 0 Å². The molecule has 26 heavy (non-hydrogen) atoms. The van der Waals surface area contributed by atoms with Crippen molar-refractivity contribution in [3.8, 4) is 0 Å². The number of piperidine rings is 1. The van der Waals surface area contributed by atoms with Crippen LogP contribution < -0.4 is 0 Å². The maximum Gasteiger partial charge on any atom is 0.328 e. The van der Waals surface area contributed by atoms with Gasteiger partial charge in [0, 0.05) is 32.0 Å². The Morgan fingerprint density at radius 2 is 1.81 bits per heavy atom. The first kappa shape index (κ1) is 18.2. The molecule has 3 rings (SSSR count). The van der Waals surface area contributed by atoms with Crippen molar-refractivity contribution in [1.29, 1.82) is 0 Å². The Hall–Kier alpha value is -2.63. The van der Waals surface area contributed by atoms with Gasteiger partial charge in [0.2, 0.25) is 11.8 Å². The number of likely N-dealkylation sites (tertiary alicyclic amines) is 1. The van der Waals surface area contributed by atoms with E-state index in [4.69, 9.17) is 4.74 Å². The molecule has 0 aromatic heterocycles. The molecule has 0 N–H and O–H groups in total. The van der Waals surface area contributed by atoms with E-state index in [1.165, 1.54) is 13.2 Å². The molecule has 1 fully saturated rings. The molecule has 2 aliphatic heterocycles. The van der Waals surface area contributed by atoms with E-state index >= 15 is 0 Å². The van der Waals surface area contributed by atoms with Gasteiger partial charge in [0.05, 0.1) is 7.11 Å². The van der Waals surface area contributed by atoms with Crippen LogP contribution in [-0.2, 0) is 32.1 Å². The lowest BCUT2D eigenvalue weighted by Gasteiger charge is -2.39. The van der Waals surface area contributed by atoms with Crippen molar-refractivity contribution in [1.82, 2.24) is 9.80 Å². The molecule has 6 heteroatoms. The molecule has 1 aromatic carbocycles. The van der Waals surface area contributed by atoms with Gasteiger partial charge >= 0.3 is 5.97 Å². The molecule has 138 valence electrons. The Morgan fingerprint density at radius 3 is 2.42 bits per heavy atom. The van der Waals surface area contributed by atoms with Crippen molar-refractivity contribution < 1.29 is 19.1 Å². The van der Waals surface area contributed by atoms with Crippen molar-refractivity contribution in [2.75, 3.05) is 20.2 Å². The number of fused-ring (bicyclic) bond motifs is 1. The predicted molar refractivity (Wildman–Crippen MR) is 96.0 cm³/mol. The Kier molecular flexibility index (Phi) is 5.40. The highest BCUT2D eigenvalue weighted by molar-refractivity contribution is 5.88. The summed E-state index contributed by atoms with van der Waals surface area (Å²) in [7, 11) is 1.35. The molecule has 2 aliphatic rings. The summed E-state index contributed by atoms with van der Waals surface area (Å²) in [6.45, 7) is 5.00. The normalized spacial score (nSPS) is 20.3. The highest BCUT2D eigenvalue weighted by Gasteiger charge is 2.39. The minimum atomic E-state index is -0.588. The summed E-state index contributed by atoms with van der Waals surface area (Å²) in [6.07, 6.45) is 2.98. The van der Waals surface area contributed by atoms with E-state index in [2.05, 4.69) is 6.58 Å². The third kappa shape index (κ3) is 3.49. The summed E-state index contributed by atoms with van der Waals surface area (Å²) in [5.41, 5.74) is 2.15. The molecule has 0 radical (unpaired) electrons. The summed E-state index contributed by atoms with van der Waals surface area (Å²) in [6, 6.07) is 7.28. The SMILES string of the molecule is C=CC(=O)N1CCC(C(=O)N2Cc3ccccc3CC2C(=O)OC)CC1. The number of esters is 1. The topological polar surface area (TPSA) is 66.9 Å². The third-order valence-electron chi connectivity index (χ3n) is 5.34. The number of ether oxygens (including phenoxy) is 1. The molecule has 2 amide bonds. The van der Waals surface area contributed by atoms with Crippen LogP contribution in [0.15, 0.2) is 36.9 Å². The molecule has 1 aromatic rings. The number of hydrogen-bond acceptors (Lipinski definition) is 4. The summed E-state index contributed by atoms with van der Waals surface area (Å²) >= 11 is 0. The molecular formula is C20H24N2O4. The van der Waals surface area contributed by atoms with Crippen molar-refractivity contribution in [2.24, 2.45) is 5.92 Å². The predicted octanol–water partition coefficient (Wildman–Crippen LogP) is 1.54. The van der Waals surface area contributed by atoms with Crippen LogP contribution in [-0.4, -0.2) is 53.8 Å². The van der Waals surface area contributed by atoms with E-state index in [1.807, 2.05) is 24.3 Å². The van der Waals surface area contributed by atoms with Gasteiger partial charge in [-0.05, 0) is 30.0 Å². The van der Waals surface area contributed by atoms with E-state index < -0.39 is 6.04 Å². The molecular weight excluding hydrogens is 332 g/mol. The lowest BCUT2D eigenvalue weighted by Crippen LogP contribution is -2.52. The standard InChI is InChI=1S/C20H24N2O4/c1-3-18(23)21-10-8-14(9-11-21)19(24)22-13-16-7-5-4-6-15(16)12-17(22)20(25)26-2/h3-7,14,17H,1,8-13H2,2H3. The fraction of sp³-hybridized carbons (Fsp3) is 0.450. The second kappa shape index (κ2) is 7.72. The highest BCUT2D eigenvalue weighted by atomic mass is 16.5. The maximum absolute atomic E-state index is 13.1. The Balaban J connectivity index is 1.75. The van der Waals surface area contributed by atoms with Gasteiger partial charge in [0.15, 0.2) is 0 Å². The first-order valence-corrected chi connectivity index (χ1v) is 8.91. The van der Waals surface area contributed by atoms with Gasteiger partial charge in [0.1, 0.15) is 6.04 Å². The summed E-state index contributed by atoms with van der Waals surface area (Å²) < 4.78 is 4.94. The zero-order valence-corrected chi connectivity index (χ0v) is 15.0. The average molecular weight is 356 g/mol. The number of amides is 2. The van der Waals surface area contributed by atoms with Gasteiger partial charge in [-0.2, -0.15) is 0 Å². The number of rotatable bonds is 3. The van der Waals surface area contributed by atoms with Gasteiger partial charge in [-0.15, -0.1) is 0 Å². The van der Waals surface area contributed by atoms with Crippen molar-refractivity contribution in [3.63, 3.8) is 0 Å². The average Bonchev–Trinajstić information content (AvgIpc) is 2.71. The number of methoxy groups -OCH3 is 1. The van der Waals surface area contributed by atoms with Gasteiger partial charge in [-0.1, -0.05) is 30.8 Å². The third-order valence-corrected chi connectivity index (χ3v) is 5.34. The van der Waals surface area contributed by atoms with Crippen LogP contribution >= 0.6 is 0 Å². The monoisotopic (exact) mass is 356 g/mol. The molecule has 0 bridgehead atoms. The number of benzene rings is 1. The molecule has 0 spiro atoms. The Labute approximate surface area is 153 Å². The quantitative estimate of drug-likeness (QED) is 0.609. The minimum absolute atomic E-state index is 0.0272. The number of hydrogen-bond donors (Lipinski definition) is 0. The van der Waals surface area contributed by atoms with E-state index in [9.17, 15) is 14.4 Å². The first-order valence-electron chi connectivity index (χ1n) is 8.91. The van der Waals surface area contributed by atoms with Gasteiger partial charge in [-0.3, -0.25) is 9.59 Å². The van der Waals surface area contributed by atoms with Crippen molar-refractivity contribution in [2.45, 2.75) is 31.8 Å². The van der Waals surface area contributed by atoms with E-state index in [-0.39, 0.29) is 23.7 Å². The van der Waals surface area contributed by atoms with Crippen LogP contribution in [0.1, 0.15) is 24.0 Å². The van der Waals surface area contributed by atoms with Crippen LogP contribution in [0.5, 0.6) is 0 Å². The zero-order valence-electron chi connectivity index (χ0n) is 15.0. The Morgan fingerprint density at radius 1 is 1.15 bits per heavy atom. The van der Waals surface area contributed by atoms with Crippen LogP contribution in [0.4, 0.5) is 0 Å². The second-order valence-corrected chi connectivity index (χ2v) is 6.78. The fourth-order valence-corrected chi connectivity index (χ4v) is 3.81. The van der Waals surface area contributed by atoms with Crippen LogP contribution in [0.2, 0.25) is 0 Å². The molecule has 2 heterocycles. The molecule has 1 unspecified atom stereocenters. The fourth-order valence-electron chi connectivity index (χ4n) is 3.81. The van der Waals surface area contributed by atoms with E-state index in [1.54, 1.807) is 9.80 Å². The molecule has 6 nitrogen and oxygen atoms in total. The highest BCUT2D eigenvalue weighted by Crippen LogP contribution is 2.28. The molecule has 1 saturated heterocycles. The van der Waals surface area contributed by atoms with Gasteiger partial charge in [-0.25, -0.2) is 4.79 Å². The molecule has 1 atom stereocenters. The lowest BCUT2D eigenvalue weighted by molar-refractivity contribution is -0.156. The van der Waals surface area contributed by atoms with Gasteiger partial charge < -0.3 is 14.5 Å².